The van der Waals surface area contributed by atoms with Crippen LogP contribution >= 0.6 is 11.8 Å². The molecule has 0 bridgehead atoms. The second-order valence-corrected chi connectivity index (χ2v) is 7.41. The summed E-state index contributed by atoms with van der Waals surface area (Å²) in [5.74, 6) is -1.13. The molecule has 33 heavy (non-hydrogen) atoms. The van der Waals surface area contributed by atoms with Crippen molar-refractivity contribution in [2.24, 2.45) is 5.73 Å². The second kappa shape index (κ2) is 10.8. The molecule has 0 saturated carbocycles. The summed E-state index contributed by atoms with van der Waals surface area (Å²) in [7, 11) is 2.68. The van der Waals surface area contributed by atoms with E-state index >= 15 is 4.39 Å². The van der Waals surface area contributed by atoms with Crippen LogP contribution in [-0.4, -0.2) is 30.4 Å². The molecule has 0 aromatic heterocycles. The van der Waals surface area contributed by atoms with Gasteiger partial charge in [-0.15, -0.1) is 0 Å². The van der Waals surface area contributed by atoms with Crippen molar-refractivity contribution in [3.05, 3.63) is 89.2 Å². The number of nitrogens with one attached hydrogen (secondary N) is 1. The Labute approximate surface area is 196 Å². The third-order valence-corrected chi connectivity index (χ3v) is 5.13. The van der Waals surface area contributed by atoms with Crippen LogP contribution in [0, 0.1) is 11.2 Å². The average Bonchev–Trinajstić information content (AvgIpc) is 2.82. The van der Waals surface area contributed by atoms with Crippen LogP contribution in [0.3, 0.4) is 0 Å². The molecule has 0 saturated heterocycles. The Morgan fingerprint density at radius 1 is 1.09 bits per heavy atom. The van der Waals surface area contributed by atoms with Crippen LogP contribution in [0.15, 0.2) is 66.7 Å². The van der Waals surface area contributed by atoms with Crippen LogP contribution in [0.4, 0.5) is 4.39 Å². The molecule has 0 aliphatic carbocycles. The number of methoxy groups -OCH3 is 2. The summed E-state index contributed by atoms with van der Waals surface area (Å²) in [6.07, 6.45) is -1.32. The summed E-state index contributed by atoms with van der Waals surface area (Å²) in [4.78, 5) is 13.0. The Bertz CT molecular complexity index is 1130. The van der Waals surface area contributed by atoms with Crippen LogP contribution in [-0.2, 0) is 16.1 Å². The van der Waals surface area contributed by atoms with Crippen LogP contribution < -0.4 is 15.2 Å². The molecule has 172 valence electrons. The van der Waals surface area contributed by atoms with Crippen LogP contribution in [0.2, 0.25) is 0 Å². The second-order valence-electron chi connectivity index (χ2n) is 7.00. The number of nitrogens with two attached hydrogens (primary N) is 1. The number of hydrogen-bond donors (Lipinski definition) is 2. The van der Waals surface area contributed by atoms with E-state index < -0.39 is 17.8 Å². The molecule has 1 atom stereocenters. The van der Waals surface area contributed by atoms with Crippen molar-refractivity contribution in [1.29, 1.82) is 5.41 Å². The minimum absolute atomic E-state index is 0.0313. The van der Waals surface area contributed by atoms with Gasteiger partial charge in [0.15, 0.2) is 17.7 Å². The van der Waals surface area contributed by atoms with E-state index in [4.69, 9.17) is 37.1 Å². The van der Waals surface area contributed by atoms with Gasteiger partial charge in [0.05, 0.1) is 13.7 Å². The van der Waals surface area contributed by atoms with Crippen LogP contribution in [0.5, 0.6) is 17.2 Å². The van der Waals surface area contributed by atoms with Gasteiger partial charge < -0.3 is 19.9 Å². The maximum absolute atomic E-state index is 15.5. The van der Waals surface area contributed by atoms with Crippen molar-refractivity contribution in [2.75, 3.05) is 14.2 Å². The fraction of sp³-hybridized carbons (Fsp3) is 0.167. The average molecular weight is 472 g/mol. The van der Waals surface area contributed by atoms with E-state index in [2.05, 4.69) is 0 Å². The zero-order valence-corrected chi connectivity index (χ0v) is 18.8. The number of nitrogens with zero attached hydrogens (tertiary/aromatic N) is 1. The number of para-hydroxylation sites is 1. The zero-order valence-electron chi connectivity index (χ0n) is 18.0. The first-order chi connectivity index (χ1) is 15.8. The Morgan fingerprint density at radius 3 is 2.33 bits per heavy atom. The Balaban J connectivity index is 1.85. The molecule has 1 amide bonds. The number of nitrogen functional groups attached to an aromatic ring is 1. The summed E-state index contributed by atoms with van der Waals surface area (Å²) < 4.78 is 32.6. The fourth-order valence-electron chi connectivity index (χ4n) is 3.13. The highest BCUT2D eigenvalue weighted by Gasteiger charge is 2.30. The molecule has 0 heterocycles. The summed E-state index contributed by atoms with van der Waals surface area (Å²) in [5.41, 5.74) is 6.65. The number of ether oxygens (including phenoxy) is 3. The van der Waals surface area contributed by atoms with Crippen molar-refractivity contribution < 1.29 is 23.4 Å². The van der Waals surface area contributed by atoms with E-state index in [-0.39, 0.29) is 29.4 Å². The summed E-state index contributed by atoms with van der Waals surface area (Å²) in [6.45, 7) is 0.0313. The molecule has 0 aliphatic heterocycles. The highest BCUT2D eigenvalue weighted by Crippen LogP contribution is 2.38. The van der Waals surface area contributed by atoms with E-state index in [1.165, 1.54) is 26.4 Å². The zero-order chi connectivity index (χ0) is 24.0. The fourth-order valence-corrected chi connectivity index (χ4v) is 3.36. The normalized spacial score (nSPS) is 11.5. The van der Waals surface area contributed by atoms with Gasteiger partial charge in [0.25, 0.3) is 5.91 Å². The molecular weight excluding hydrogens is 449 g/mol. The molecule has 3 aromatic rings. The number of amides is 1. The maximum atomic E-state index is 15.5. The number of amidine groups is 1. The number of carbonyl (C=O) groups excluding carboxylic acids is 1. The third kappa shape index (κ3) is 5.60. The monoisotopic (exact) mass is 471 g/mol. The lowest BCUT2D eigenvalue weighted by atomic mass is 10.1. The lowest BCUT2D eigenvalue weighted by Gasteiger charge is -2.22. The first-order valence-corrected chi connectivity index (χ1v) is 10.2. The van der Waals surface area contributed by atoms with Crippen molar-refractivity contribution in [1.82, 2.24) is 4.42 Å². The lowest BCUT2D eigenvalue weighted by Crippen LogP contribution is -2.29. The standard InChI is InChI=1S/C24H23ClFN3O4/c1-31-19-13-12-18(20(26)22(19)33-17-6-4-3-5-7-17)21(32-2)24(30)29(25)14-15-8-10-16(11-9-15)23(27)28/h3-13,21H,14H2,1-2H3,(H3,27,28). The molecule has 0 radical (unpaired) electrons. The molecule has 0 spiro atoms. The highest BCUT2D eigenvalue weighted by molar-refractivity contribution is 6.21. The number of rotatable bonds is 9. The van der Waals surface area contributed by atoms with E-state index in [9.17, 15) is 4.79 Å². The minimum atomic E-state index is -1.32. The topological polar surface area (TPSA) is 97.9 Å². The van der Waals surface area contributed by atoms with E-state index in [1.807, 2.05) is 0 Å². The van der Waals surface area contributed by atoms with Gasteiger partial charge in [-0.2, -0.15) is 0 Å². The molecular formula is C24H23ClFN3O4. The third-order valence-electron chi connectivity index (χ3n) is 4.84. The number of halogens is 2. The van der Waals surface area contributed by atoms with Gasteiger partial charge in [-0.05, 0) is 29.8 Å². The van der Waals surface area contributed by atoms with E-state index in [1.54, 1.807) is 54.6 Å². The molecule has 7 nitrogen and oxygen atoms in total. The number of carbonyl (C=O) groups is 1. The van der Waals surface area contributed by atoms with Gasteiger partial charge >= 0.3 is 0 Å². The van der Waals surface area contributed by atoms with Crippen molar-refractivity contribution in [3.63, 3.8) is 0 Å². The number of benzene rings is 3. The smallest absolute Gasteiger partial charge is 0.271 e. The molecule has 3 rings (SSSR count). The summed E-state index contributed by atoms with van der Waals surface area (Å²) in [5, 5.41) is 7.45. The largest absolute Gasteiger partial charge is 0.493 e. The summed E-state index contributed by atoms with van der Waals surface area (Å²) in [6, 6.07) is 18.2. The van der Waals surface area contributed by atoms with Gasteiger partial charge in [0.1, 0.15) is 11.6 Å². The lowest BCUT2D eigenvalue weighted by molar-refractivity contribution is -0.138. The van der Waals surface area contributed by atoms with Crippen molar-refractivity contribution in [2.45, 2.75) is 12.6 Å². The molecule has 3 N–H and O–H groups in total. The first kappa shape index (κ1) is 24.0. The quantitative estimate of drug-likeness (QED) is 0.266. The Hall–Kier alpha value is -3.62. The van der Waals surface area contributed by atoms with Crippen molar-refractivity contribution in [3.8, 4) is 17.2 Å². The first-order valence-electron chi connectivity index (χ1n) is 9.88. The summed E-state index contributed by atoms with van der Waals surface area (Å²) >= 11 is 6.23. The van der Waals surface area contributed by atoms with Crippen LogP contribution in [0.25, 0.3) is 0 Å². The van der Waals surface area contributed by atoms with Gasteiger partial charge in [0.2, 0.25) is 5.75 Å². The molecule has 1 unspecified atom stereocenters. The van der Waals surface area contributed by atoms with Gasteiger partial charge in [0, 0.05) is 30.0 Å². The Kier molecular flexibility index (Phi) is 7.87. The molecule has 9 heteroatoms. The molecule has 0 aliphatic rings. The predicted octanol–water partition coefficient (Wildman–Crippen LogP) is 4.78. The maximum Gasteiger partial charge on any atom is 0.271 e. The Morgan fingerprint density at radius 2 is 1.76 bits per heavy atom. The SMILES string of the molecule is COc1ccc(C(OC)C(=O)N(Cl)Cc2ccc(C(=N)N)cc2)c(F)c1Oc1ccccc1. The highest BCUT2D eigenvalue weighted by atomic mass is 35.5. The van der Waals surface area contributed by atoms with Gasteiger partial charge in [-0.25, -0.2) is 8.81 Å². The molecule has 0 fully saturated rings. The molecule has 3 aromatic carbocycles. The van der Waals surface area contributed by atoms with Gasteiger partial charge in [-0.3, -0.25) is 10.2 Å². The number of hydrogen-bond acceptors (Lipinski definition) is 5. The van der Waals surface area contributed by atoms with Crippen molar-refractivity contribution >= 4 is 23.5 Å². The van der Waals surface area contributed by atoms with Gasteiger partial charge in [-0.1, -0.05) is 42.5 Å². The predicted molar refractivity (Wildman–Crippen MR) is 123 cm³/mol. The van der Waals surface area contributed by atoms with E-state index in [0.717, 1.165) is 4.42 Å². The van der Waals surface area contributed by atoms with E-state index in [0.29, 0.717) is 16.9 Å². The van der Waals surface area contributed by atoms with Crippen LogP contribution in [0.1, 0.15) is 22.8 Å². The minimum Gasteiger partial charge on any atom is -0.493 e.